The molecule has 0 aromatic heterocycles. The Morgan fingerprint density at radius 3 is 2.22 bits per heavy atom. The first kappa shape index (κ1) is 20.7. The van der Waals surface area contributed by atoms with E-state index in [9.17, 15) is 18.4 Å². The second kappa shape index (κ2) is 8.42. The van der Waals surface area contributed by atoms with Gasteiger partial charge in [-0.15, -0.1) is 0 Å². The van der Waals surface area contributed by atoms with Gasteiger partial charge in [-0.1, -0.05) is 41.9 Å². The minimum absolute atomic E-state index is 0.0799. The Labute approximate surface area is 165 Å². The SMILES string of the molecule is CN(C)C(=S)OC(=C(C#N)c1ccc(Cl)cc1)c1ccccc1C(F)(F)F. The average molecular weight is 411 g/mol. The van der Waals surface area contributed by atoms with E-state index in [0.29, 0.717) is 10.6 Å². The predicted octanol–water partition coefficient (Wildman–Crippen LogP) is 5.61. The zero-order valence-corrected chi connectivity index (χ0v) is 15.9. The Morgan fingerprint density at radius 2 is 1.70 bits per heavy atom. The monoisotopic (exact) mass is 410 g/mol. The third kappa shape index (κ3) is 5.00. The van der Waals surface area contributed by atoms with Gasteiger partial charge in [0, 0.05) is 24.7 Å². The van der Waals surface area contributed by atoms with Crippen LogP contribution in [0.5, 0.6) is 0 Å². The van der Waals surface area contributed by atoms with Gasteiger partial charge in [0.05, 0.1) is 5.56 Å². The van der Waals surface area contributed by atoms with Crippen LogP contribution in [0.2, 0.25) is 5.02 Å². The lowest BCUT2D eigenvalue weighted by atomic mass is 9.98. The van der Waals surface area contributed by atoms with Crippen molar-refractivity contribution in [2.75, 3.05) is 14.1 Å². The van der Waals surface area contributed by atoms with Gasteiger partial charge in [-0.05, 0) is 36.0 Å². The van der Waals surface area contributed by atoms with Crippen molar-refractivity contribution in [2.24, 2.45) is 0 Å². The van der Waals surface area contributed by atoms with E-state index in [-0.39, 0.29) is 22.1 Å². The molecular weight excluding hydrogens is 397 g/mol. The second-order valence-corrected chi connectivity index (χ2v) is 6.41. The first-order valence-corrected chi connectivity index (χ1v) is 8.39. The first-order chi connectivity index (χ1) is 12.6. The molecule has 0 radical (unpaired) electrons. The predicted molar refractivity (Wildman–Crippen MR) is 103 cm³/mol. The summed E-state index contributed by atoms with van der Waals surface area (Å²) in [6, 6.07) is 12.9. The van der Waals surface area contributed by atoms with Crippen molar-refractivity contribution in [1.29, 1.82) is 5.26 Å². The summed E-state index contributed by atoms with van der Waals surface area (Å²) in [5, 5.41) is 10.0. The highest BCUT2D eigenvalue weighted by molar-refractivity contribution is 7.80. The van der Waals surface area contributed by atoms with Crippen LogP contribution in [0.3, 0.4) is 0 Å². The molecule has 2 rings (SSSR count). The summed E-state index contributed by atoms with van der Waals surface area (Å²) >= 11 is 10.9. The van der Waals surface area contributed by atoms with Gasteiger partial charge >= 0.3 is 6.18 Å². The molecule has 140 valence electrons. The molecule has 0 saturated carbocycles. The van der Waals surface area contributed by atoms with E-state index in [1.165, 1.54) is 47.4 Å². The van der Waals surface area contributed by atoms with Crippen molar-refractivity contribution < 1.29 is 17.9 Å². The Hall–Kier alpha value is -2.56. The van der Waals surface area contributed by atoms with Crippen LogP contribution >= 0.6 is 23.8 Å². The third-order valence-corrected chi connectivity index (χ3v) is 4.20. The molecule has 2 aromatic carbocycles. The van der Waals surface area contributed by atoms with Gasteiger partial charge in [-0.25, -0.2) is 0 Å². The summed E-state index contributed by atoms with van der Waals surface area (Å²) in [5.41, 5.74) is -0.938. The third-order valence-electron chi connectivity index (χ3n) is 3.50. The van der Waals surface area contributed by atoms with E-state index in [1.54, 1.807) is 14.1 Å². The molecule has 27 heavy (non-hydrogen) atoms. The molecule has 0 aliphatic carbocycles. The van der Waals surface area contributed by atoms with Crippen molar-refractivity contribution >= 4 is 40.3 Å². The Morgan fingerprint density at radius 1 is 1.11 bits per heavy atom. The van der Waals surface area contributed by atoms with Gasteiger partial charge in [-0.3, -0.25) is 0 Å². The van der Waals surface area contributed by atoms with E-state index in [2.05, 4.69) is 0 Å². The fourth-order valence-electron chi connectivity index (χ4n) is 2.21. The van der Waals surface area contributed by atoms with Crippen molar-refractivity contribution in [1.82, 2.24) is 4.90 Å². The lowest BCUT2D eigenvalue weighted by Crippen LogP contribution is -2.23. The number of hydrogen-bond acceptors (Lipinski definition) is 3. The van der Waals surface area contributed by atoms with Crippen LogP contribution in [0.15, 0.2) is 48.5 Å². The number of nitriles is 1. The van der Waals surface area contributed by atoms with Crippen molar-refractivity contribution in [3.8, 4) is 6.07 Å². The molecule has 0 saturated heterocycles. The topological polar surface area (TPSA) is 36.3 Å². The molecule has 0 bridgehead atoms. The number of benzene rings is 2. The number of ether oxygens (including phenoxy) is 1. The summed E-state index contributed by atoms with van der Waals surface area (Å²) in [6.45, 7) is 0. The highest BCUT2D eigenvalue weighted by Crippen LogP contribution is 2.38. The maximum Gasteiger partial charge on any atom is 0.417 e. The summed E-state index contributed by atoms with van der Waals surface area (Å²) in [7, 11) is 3.17. The first-order valence-electron chi connectivity index (χ1n) is 7.61. The smallest absolute Gasteiger partial charge is 0.417 e. The van der Waals surface area contributed by atoms with Gasteiger partial charge < -0.3 is 9.64 Å². The summed E-state index contributed by atoms with van der Waals surface area (Å²) < 4.78 is 46.1. The zero-order valence-electron chi connectivity index (χ0n) is 14.3. The van der Waals surface area contributed by atoms with Crippen LogP contribution in [0.4, 0.5) is 13.2 Å². The van der Waals surface area contributed by atoms with Crippen LogP contribution in [-0.4, -0.2) is 24.2 Å². The molecule has 0 unspecified atom stereocenters. The lowest BCUT2D eigenvalue weighted by Gasteiger charge is -2.20. The van der Waals surface area contributed by atoms with Crippen molar-refractivity contribution in [2.45, 2.75) is 6.18 Å². The van der Waals surface area contributed by atoms with Crippen LogP contribution in [0.25, 0.3) is 11.3 Å². The number of nitrogens with zero attached hydrogens (tertiary/aromatic N) is 2. The number of alkyl halides is 3. The van der Waals surface area contributed by atoms with E-state index in [1.807, 2.05) is 6.07 Å². The molecule has 0 N–H and O–H groups in total. The normalized spacial score (nSPS) is 12.0. The summed E-state index contributed by atoms with van der Waals surface area (Å²) in [5.74, 6) is -0.272. The molecular formula is C19H14ClF3N2OS. The molecule has 8 heteroatoms. The van der Waals surface area contributed by atoms with Crippen molar-refractivity contribution in [3.63, 3.8) is 0 Å². The van der Waals surface area contributed by atoms with Crippen LogP contribution in [0.1, 0.15) is 16.7 Å². The van der Waals surface area contributed by atoms with Gasteiger partial charge in [0.1, 0.15) is 11.6 Å². The van der Waals surface area contributed by atoms with Gasteiger partial charge in [0.15, 0.2) is 5.76 Å². The quantitative estimate of drug-likeness (QED) is 0.285. The minimum atomic E-state index is -4.63. The molecule has 0 heterocycles. The Kier molecular flexibility index (Phi) is 6.47. The van der Waals surface area contributed by atoms with Crippen LogP contribution < -0.4 is 0 Å². The van der Waals surface area contributed by atoms with E-state index in [0.717, 1.165) is 6.07 Å². The van der Waals surface area contributed by atoms with E-state index in [4.69, 9.17) is 28.6 Å². The summed E-state index contributed by atoms with van der Waals surface area (Å²) in [6.07, 6.45) is -4.63. The number of rotatable bonds is 3. The molecule has 0 spiro atoms. The fraction of sp³-hybridized carbons (Fsp3) is 0.158. The highest BCUT2D eigenvalue weighted by atomic mass is 35.5. The molecule has 0 fully saturated rings. The lowest BCUT2D eigenvalue weighted by molar-refractivity contribution is -0.137. The van der Waals surface area contributed by atoms with Gasteiger partial charge in [0.2, 0.25) is 0 Å². The average Bonchev–Trinajstić information content (AvgIpc) is 2.62. The van der Waals surface area contributed by atoms with Gasteiger partial charge in [-0.2, -0.15) is 18.4 Å². The van der Waals surface area contributed by atoms with Crippen LogP contribution in [-0.2, 0) is 10.9 Å². The van der Waals surface area contributed by atoms with E-state index < -0.39 is 11.7 Å². The molecule has 3 nitrogen and oxygen atoms in total. The van der Waals surface area contributed by atoms with E-state index >= 15 is 0 Å². The minimum Gasteiger partial charge on any atom is -0.430 e. The number of hydrogen-bond donors (Lipinski definition) is 0. The molecule has 2 aromatic rings. The van der Waals surface area contributed by atoms with Crippen molar-refractivity contribution in [3.05, 3.63) is 70.2 Å². The highest BCUT2D eigenvalue weighted by Gasteiger charge is 2.35. The maximum atomic E-state index is 13.5. The molecule has 0 aliphatic rings. The van der Waals surface area contributed by atoms with Gasteiger partial charge in [0.25, 0.3) is 5.17 Å². The molecule has 0 aliphatic heterocycles. The largest absolute Gasteiger partial charge is 0.430 e. The number of allylic oxidation sites excluding steroid dienone is 1. The Balaban J connectivity index is 2.78. The van der Waals surface area contributed by atoms with Crippen LogP contribution in [0, 0.1) is 11.3 Å². The number of halogens is 4. The maximum absolute atomic E-state index is 13.5. The number of thiocarbonyl (C=S) groups is 1. The fourth-order valence-corrected chi connectivity index (χ4v) is 2.42. The Bertz CT molecular complexity index is 916. The standard InChI is InChI=1S/C19H14ClF3N2OS/c1-25(2)18(27)26-17(14-5-3-4-6-16(14)19(21,22)23)15(11-24)12-7-9-13(20)10-8-12/h3-10H,1-2H3. The second-order valence-electron chi connectivity index (χ2n) is 5.63. The zero-order chi connectivity index (χ0) is 20.2. The molecule has 0 amide bonds. The summed E-state index contributed by atoms with van der Waals surface area (Å²) in [4.78, 5) is 1.42. The molecule has 0 atom stereocenters.